The minimum Gasteiger partial charge on any atom is -0.282 e. The van der Waals surface area contributed by atoms with Gasteiger partial charge in [0, 0.05) is 13.0 Å². The molecule has 1 saturated heterocycles. The van der Waals surface area contributed by atoms with E-state index in [0.717, 1.165) is 18.6 Å². The summed E-state index contributed by atoms with van der Waals surface area (Å²) in [5.41, 5.74) is -0.496. The molecule has 1 aliphatic rings. The first-order chi connectivity index (χ1) is 7.38. The van der Waals surface area contributed by atoms with Gasteiger partial charge in [-0.2, -0.15) is 12.6 Å². The van der Waals surface area contributed by atoms with E-state index in [1.54, 1.807) is 0 Å². The number of hydrogen-bond acceptors (Lipinski definition) is 3. The second-order valence-corrected chi connectivity index (χ2v) is 5.76. The summed E-state index contributed by atoms with van der Waals surface area (Å²) < 4.78 is 0. The van der Waals surface area contributed by atoms with Crippen molar-refractivity contribution in [2.24, 2.45) is 11.3 Å². The molecule has 92 valence electrons. The molecule has 2 amide bonds. The Labute approximate surface area is 103 Å². The van der Waals surface area contributed by atoms with E-state index in [-0.39, 0.29) is 11.8 Å². The molecule has 1 unspecified atom stereocenters. The van der Waals surface area contributed by atoms with Gasteiger partial charge in [-0.05, 0) is 24.5 Å². The standard InChI is InChI=1S/C12H21NO2S/c1-9(5-7-16)4-6-13-10(14)8-12(2,3)11(13)15/h9,16H,4-8H2,1-3H3. The van der Waals surface area contributed by atoms with E-state index in [9.17, 15) is 9.59 Å². The van der Waals surface area contributed by atoms with Gasteiger partial charge in [0.15, 0.2) is 0 Å². The third-order valence-corrected chi connectivity index (χ3v) is 3.44. The van der Waals surface area contributed by atoms with E-state index in [4.69, 9.17) is 0 Å². The SMILES string of the molecule is CC(CCS)CCN1C(=O)CC(C)(C)C1=O. The van der Waals surface area contributed by atoms with Crippen LogP contribution in [0.25, 0.3) is 0 Å². The zero-order valence-corrected chi connectivity index (χ0v) is 11.2. The predicted octanol–water partition coefficient (Wildman–Crippen LogP) is 2.12. The summed E-state index contributed by atoms with van der Waals surface area (Å²) in [6.07, 6.45) is 2.27. The van der Waals surface area contributed by atoms with Crippen molar-refractivity contribution in [3.05, 3.63) is 0 Å². The van der Waals surface area contributed by atoms with Crippen LogP contribution in [0.2, 0.25) is 0 Å². The van der Waals surface area contributed by atoms with Crippen LogP contribution in [0, 0.1) is 11.3 Å². The zero-order chi connectivity index (χ0) is 12.3. The topological polar surface area (TPSA) is 37.4 Å². The van der Waals surface area contributed by atoms with Gasteiger partial charge in [0.1, 0.15) is 0 Å². The lowest BCUT2D eigenvalue weighted by molar-refractivity contribution is -0.140. The van der Waals surface area contributed by atoms with E-state index < -0.39 is 5.41 Å². The van der Waals surface area contributed by atoms with Crippen LogP contribution < -0.4 is 0 Å². The molecule has 0 aromatic carbocycles. The molecule has 0 aromatic heterocycles. The van der Waals surface area contributed by atoms with Crippen molar-refractivity contribution in [3.63, 3.8) is 0 Å². The zero-order valence-electron chi connectivity index (χ0n) is 10.3. The molecule has 1 heterocycles. The number of rotatable bonds is 5. The number of amides is 2. The first-order valence-corrected chi connectivity index (χ1v) is 6.47. The fourth-order valence-electron chi connectivity index (χ4n) is 1.97. The van der Waals surface area contributed by atoms with Crippen molar-refractivity contribution in [1.29, 1.82) is 0 Å². The van der Waals surface area contributed by atoms with Crippen LogP contribution in [0.15, 0.2) is 0 Å². The Balaban J connectivity index is 2.49. The normalized spacial score (nSPS) is 21.6. The Morgan fingerprint density at radius 2 is 2.00 bits per heavy atom. The molecule has 16 heavy (non-hydrogen) atoms. The van der Waals surface area contributed by atoms with E-state index in [0.29, 0.717) is 18.9 Å². The summed E-state index contributed by atoms with van der Waals surface area (Å²) in [5.74, 6) is 1.33. The molecule has 0 radical (unpaired) electrons. The molecule has 1 atom stereocenters. The number of thiol groups is 1. The monoisotopic (exact) mass is 243 g/mol. The van der Waals surface area contributed by atoms with E-state index in [2.05, 4.69) is 19.6 Å². The van der Waals surface area contributed by atoms with Crippen molar-refractivity contribution >= 4 is 24.4 Å². The van der Waals surface area contributed by atoms with Crippen LogP contribution in [-0.2, 0) is 9.59 Å². The lowest BCUT2D eigenvalue weighted by Crippen LogP contribution is -2.34. The van der Waals surface area contributed by atoms with Gasteiger partial charge >= 0.3 is 0 Å². The molecular formula is C12H21NO2S. The molecule has 0 aromatic rings. The molecule has 1 rings (SSSR count). The second-order valence-electron chi connectivity index (χ2n) is 5.32. The highest BCUT2D eigenvalue weighted by molar-refractivity contribution is 7.80. The molecule has 1 aliphatic heterocycles. The predicted molar refractivity (Wildman–Crippen MR) is 67.4 cm³/mol. The molecule has 4 heteroatoms. The van der Waals surface area contributed by atoms with Gasteiger partial charge in [-0.15, -0.1) is 0 Å². The summed E-state index contributed by atoms with van der Waals surface area (Å²) in [5, 5.41) is 0. The van der Waals surface area contributed by atoms with E-state index >= 15 is 0 Å². The fourth-order valence-corrected chi connectivity index (χ4v) is 2.41. The Kier molecular flexibility index (Phi) is 4.42. The highest BCUT2D eigenvalue weighted by Gasteiger charge is 2.44. The highest BCUT2D eigenvalue weighted by atomic mass is 32.1. The van der Waals surface area contributed by atoms with Crippen molar-refractivity contribution in [2.45, 2.75) is 40.0 Å². The Hall–Kier alpha value is -0.510. The number of carbonyl (C=O) groups excluding carboxylic acids is 2. The Bertz CT molecular complexity index is 289. The minimum absolute atomic E-state index is 0.0180. The maximum absolute atomic E-state index is 11.9. The summed E-state index contributed by atoms with van der Waals surface area (Å²) in [6.45, 7) is 6.37. The van der Waals surface area contributed by atoms with Crippen LogP contribution in [0.4, 0.5) is 0 Å². The van der Waals surface area contributed by atoms with E-state index in [1.165, 1.54) is 4.90 Å². The molecule has 0 N–H and O–H groups in total. The van der Waals surface area contributed by atoms with Crippen LogP contribution >= 0.6 is 12.6 Å². The van der Waals surface area contributed by atoms with Gasteiger partial charge < -0.3 is 0 Å². The molecule has 0 bridgehead atoms. The number of likely N-dealkylation sites (tertiary alicyclic amines) is 1. The smallest absolute Gasteiger partial charge is 0.235 e. The molecule has 0 aliphatic carbocycles. The van der Waals surface area contributed by atoms with Crippen molar-refractivity contribution in [2.75, 3.05) is 12.3 Å². The number of nitrogens with zero attached hydrogens (tertiary/aromatic N) is 1. The van der Waals surface area contributed by atoms with E-state index in [1.807, 2.05) is 13.8 Å². The average molecular weight is 243 g/mol. The molecule has 3 nitrogen and oxygen atoms in total. The third kappa shape index (κ3) is 3.00. The summed E-state index contributed by atoms with van der Waals surface area (Å²) in [4.78, 5) is 25.0. The molecule has 1 fully saturated rings. The van der Waals surface area contributed by atoms with Crippen molar-refractivity contribution in [1.82, 2.24) is 4.90 Å². The largest absolute Gasteiger partial charge is 0.282 e. The number of imide groups is 1. The van der Waals surface area contributed by atoms with Gasteiger partial charge in [-0.3, -0.25) is 14.5 Å². The lowest BCUT2D eigenvalue weighted by Gasteiger charge is -2.19. The Morgan fingerprint density at radius 1 is 1.38 bits per heavy atom. The molecule has 0 spiro atoms. The highest BCUT2D eigenvalue weighted by Crippen LogP contribution is 2.31. The summed E-state index contributed by atoms with van der Waals surface area (Å²) in [7, 11) is 0. The van der Waals surface area contributed by atoms with Gasteiger partial charge in [0.25, 0.3) is 0 Å². The number of carbonyl (C=O) groups is 2. The summed E-state index contributed by atoms with van der Waals surface area (Å²) in [6, 6.07) is 0. The molecular weight excluding hydrogens is 222 g/mol. The van der Waals surface area contributed by atoms with Crippen LogP contribution in [0.3, 0.4) is 0 Å². The minimum atomic E-state index is -0.496. The number of hydrogen-bond donors (Lipinski definition) is 1. The van der Waals surface area contributed by atoms with Gasteiger partial charge in [0.2, 0.25) is 11.8 Å². The Morgan fingerprint density at radius 3 is 2.44 bits per heavy atom. The average Bonchev–Trinajstić information content (AvgIpc) is 2.35. The first kappa shape index (κ1) is 13.6. The maximum Gasteiger partial charge on any atom is 0.235 e. The van der Waals surface area contributed by atoms with Gasteiger partial charge in [-0.25, -0.2) is 0 Å². The van der Waals surface area contributed by atoms with Crippen molar-refractivity contribution in [3.8, 4) is 0 Å². The second kappa shape index (κ2) is 5.21. The quantitative estimate of drug-likeness (QED) is 0.593. The lowest BCUT2D eigenvalue weighted by atomic mass is 9.92. The maximum atomic E-state index is 11.9. The van der Waals surface area contributed by atoms with Crippen LogP contribution in [0.5, 0.6) is 0 Å². The van der Waals surface area contributed by atoms with Crippen LogP contribution in [0.1, 0.15) is 40.0 Å². The third-order valence-electron chi connectivity index (χ3n) is 3.19. The summed E-state index contributed by atoms with van der Waals surface area (Å²) >= 11 is 4.18. The fraction of sp³-hybridized carbons (Fsp3) is 0.833. The van der Waals surface area contributed by atoms with Gasteiger partial charge in [-0.1, -0.05) is 20.8 Å². The first-order valence-electron chi connectivity index (χ1n) is 5.84. The molecule has 0 saturated carbocycles. The van der Waals surface area contributed by atoms with Crippen LogP contribution in [-0.4, -0.2) is 29.0 Å². The van der Waals surface area contributed by atoms with Crippen molar-refractivity contribution < 1.29 is 9.59 Å². The van der Waals surface area contributed by atoms with Gasteiger partial charge in [0.05, 0.1) is 5.41 Å².